The average molecular weight is 268 g/mol. The molecule has 3 aromatic rings. The number of aryl methyl sites for hydroxylation is 1. The molecule has 1 aromatic carbocycles. The summed E-state index contributed by atoms with van der Waals surface area (Å²) in [6.07, 6.45) is 2.90. The SMILES string of the molecule is Cc1ccccc1C(=O)NNc1ncnc2nc[nH]c12. The van der Waals surface area contributed by atoms with Gasteiger partial charge in [0.05, 0.1) is 6.33 Å². The molecule has 0 unspecified atom stereocenters. The van der Waals surface area contributed by atoms with Gasteiger partial charge in [-0.3, -0.25) is 15.6 Å². The van der Waals surface area contributed by atoms with E-state index >= 15 is 0 Å². The molecule has 0 aliphatic carbocycles. The van der Waals surface area contributed by atoms with Crippen molar-refractivity contribution in [2.45, 2.75) is 6.92 Å². The summed E-state index contributed by atoms with van der Waals surface area (Å²) in [6, 6.07) is 7.35. The zero-order valence-corrected chi connectivity index (χ0v) is 10.7. The van der Waals surface area contributed by atoms with Crippen molar-refractivity contribution in [3.63, 3.8) is 0 Å². The largest absolute Gasteiger partial charge is 0.340 e. The van der Waals surface area contributed by atoms with Gasteiger partial charge in [0.15, 0.2) is 11.5 Å². The fraction of sp³-hybridized carbons (Fsp3) is 0.0769. The van der Waals surface area contributed by atoms with Gasteiger partial charge in [0, 0.05) is 5.56 Å². The van der Waals surface area contributed by atoms with Crippen molar-refractivity contribution in [2.75, 3.05) is 5.43 Å². The minimum Gasteiger partial charge on any atom is -0.340 e. The number of anilines is 1. The molecular weight excluding hydrogens is 256 g/mol. The fourth-order valence-electron chi connectivity index (χ4n) is 1.87. The Balaban J connectivity index is 1.78. The number of carbonyl (C=O) groups is 1. The van der Waals surface area contributed by atoms with Crippen LogP contribution in [0.5, 0.6) is 0 Å². The summed E-state index contributed by atoms with van der Waals surface area (Å²) < 4.78 is 0. The number of amides is 1. The van der Waals surface area contributed by atoms with Crippen LogP contribution >= 0.6 is 0 Å². The Bertz CT molecular complexity index is 766. The van der Waals surface area contributed by atoms with E-state index in [1.54, 1.807) is 6.07 Å². The molecule has 1 amide bonds. The van der Waals surface area contributed by atoms with E-state index in [0.717, 1.165) is 5.56 Å². The van der Waals surface area contributed by atoms with Crippen LogP contribution in [0.15, 0.2) is 36.9 Å². The number of hydrogen-bond donors (Lipinski definition) is 3. The summed E-state index contributed by atoms with van der Waals surface area (Å²) in [4.78, 5) is 27.1. The Hall–Kier alpha value is -2.96. The van der Waals surface area contributed by atoms with E-state index in [4.69, 9.17) is 0 Å². The lowest BCUT2D eigenvalue weighted by atomic mass is 10.1. The molecule has 0 saturated heterocycles. The number of nitrogens with zero attached hydrogens (tertiary/aromatic N) is 3. The van der Waals surface area contributed by atoms with Crippen LogP contribution < -0.4 is 10.9 Å². The van der Waals surface area contributed by atoms with Crippen molar-refractivity contribution in [1.82, 2.24) is 25.4 Å². The monoisotopic (exact) mass is 268 g/mol. The maximum absolute atomic E-state index is 12.1. The van der Waals surface area contributed by atoms with Gasteiger partial charge in [-0.25, -0.2) is 15.0 Å². The van der Waals surface area contributed by atoms with Crippen molar-refractivity contribution in [1.29, 1.82) is 0 Å². The number of carbonyl (C=O) groups excluding carboxylic acids is 1. The van der Waals surface area contributed by atoms with Crippen LogP contribution in [0.3, 0.4) is 0 Å². The number of hydrogen-bond acceptors (Lipinski definition) is 5. The molecule has 20 heavy (non-hydrogen) atoms. The molecule has 3 rings (SSSR count). The van der Waals surface area contributed by atoms with Crippen molar-refractivity contribution in [3.8, 4) is 0 Å². The highest BCUT2D eigenvalue weighted by atomic mass is 16.2. The van der Waals surface area contributed by atoms with E-state index in [1.807, 2.05) is 25.1 Å². The first kappa shape index (κ1) is 12.1. The van der Waals surface area contributed by atoms with E-state index in [1.165, 1.54) is 12.7 Å². The lowest BCUT2D eigenvalue weighted by molar-refractivity contribution is 0.0962. The van der Waals surface area contributed by atoms with Crippen molar-refractivity contribution in [3.05, 3.63) is 48.0 Å². The Labute approximate surface area is 114 Å². The maximum atomic E-state index is 12.1. The molecule has 0 fully saturated rings. The minimum atomic E-state index is -0.227. The summed E-state index contributed by atoms with van der Waals surface area (Å²) in [5.41, 5.74) is 8.07. The molecule has 0 spiro atoms. The molecule has 2 heterocycles. The number of benzene rings is 1. The van der Waals surface area contributed by atoms with Gasteiger partial charge in [0.1, 0.15) is 11.8 Å². The van der Waals surface area contributed by atoms with Crippen molar-refractivity contribution < 1.29 is 4.79 Å². The number of hydrazine groups is 1. The van der Waals surface area contributed by atoms with Crippen LogP contribution in [0.2, 0.25) is 0 Å². The molecule has 7 heteroatoms. The van der Waals surface area contributed by atoms with Gasteiger partial charge < -0.3 is 4.98 Å². The quantitative estimate of drug-likeness (QED) is 0.624. The summed E-state index contributed by atoms with van der Waals surface area (Å²) in [6.45, 7) is 1.88. The van der Waals surface area contributed by atoms with Crippen molar-refractivity contribution in [2.24, 2.45) is 0 Å². The first-order chi connectivity index (χ1) is 9.75. The fourth-order valence-corrected chi connectivity index (χ4v) is 1.87. The Morgan fingerprint density at radius 1 is 1.20 bits per heavy atom. The van der Waals surface area contributed by atoms with E-state index in [2.05, 4.69) is 30.8 Å². The molecule has 3 N–H and O–H groups in total. The highest BCUT2D eigenvalue weighted by Gasteiger charge is 2.09. The second-order valence-corrected chi connectivity index (χ2v) is 4.22. The second kappa shape index (κ2) is 4.96. The number of rotatable bonds is 3. The molecule has 7 nitrogen and oxygen atoms in total. The minimum absolute atomic E-state index is 0.227. The third-order valence-corrected chi connectivity index (χ3v) is 2.91. The molecule has 0 aliphatic heterocycles. The molecular formula is C13H12N6O. The van der Waals surface area contributed by atoms with Crippen LogP contribution in [0.1, 0.15) is 15.9 Å². The topological polar surface area (TPSA) is 95.6 Å². The predicted octanol–water partition coefficient (Wildman–Crippen LogP) is 1.42. The number of imidazole rings is 1. The van der Waals surface area contributed by atoms with Crippen molar-refractivity contribution >= 4 is 22.9 Å². The normalized spacial score (nSPS) is 10.4. The summed E-state index contributed by atoms with van der Waals surface area (Å²) in [5, 5.41) is 0. The standard InChI is InChI=1S/C13H12N6O/c1-8-4-2-3-5-9(8)13(20)19-18-12-10-11(15-6-14-10)16-7-17-12/h2-7H,1H3,(H,19,20)(H2,14,15,16,17,18). The molecule has 0 aliphatic rings. The lowest BCUT2D eigenvalue weighted by Gasteiger charge is -2.09. The lowest BCUT2D eigenvalue weighted by Crippen LogP contribution is -2.30. The maximum Gasteiger partial charge on any atom is 0.269 e. The van der Waals surface area contributed by atoms with E-state index < -0.39 is 0 Å². The van der Waals surface area contributed by atoms with Gasteiger partial charge in [-0.05, 0) is 18.6 Å². The third-order valence-electron chi connectivity index (χ3n) is 2.91. The zero-order valence-electron chi connectivity index (χ0n) is 10.7. The van der Waals surface area contributed by atoms with E-state index in [0.29, 0.717) is 22.5 Å². The molecule has 0 bridgehead atoms. The van der Waals surface area contributed by atoms with E-state index in [9.17, 15) is 4.79 Å². The van der Waals surface area contributed by atoms with Crippen LogP contribution in [0.4, 0.5) is 5.82 Å². The van der Waals surface area contributed by atoms with Gasteiger partial charge in [0.2, 0.25) is 0 Å². The van der Waals surface area contributed by atoms with Gasteiger partial charge in [-0.1, -0.05) is 18.2 Å². The van der Waals surface area contributed by atoms with Crippen LogP contribution in [0, 0.1) is 6.92 Å². The van der Waals surface area contributed by atoms with Gasteiger partial charge in [-0.2, -0.15) is 0 Å². The number of aromatic nitrogens is 4. The average Bonchev–Trinajstić information content (AvgIpc) is 2.94. The third kappa shape index (κ3) is 2.16. The predicted molar refractivity (Wildman–Crippen MR) is 74.0 cm³/mol. The van der Waals surface area contributed by atoms with Gasteiger partial charge in [-0.15, -0.1) is 0 Å². The highest BCUT2D eigenvalue weighted by molar-refractivity contribution is 5.96. The Morgan fingerprint density at radius 2 is 2.05 bits per heavy atom. The van der Waals surface area contributed by atoms with Gasteiger partial charge in [0.25, 0.3) is 5.91 Å². The molecule has 0 radical (unpaired) electrons. The summed E-state index contributed by atoms with van der Waals surface area (Å²) in [5.74, 6) is 0.240. The number of nitrogens with one attached hydrogen (secondary N) is 3. The Morgan fingerprint density at radius 3 is 2.90 bits per heavy atom. The molecule has 100 valence electrons. The number of fused-ring (bicyclic) bond motifs is 1. The number of aromatic amines is 1. The van der Waals surface area contributed by atoms with Gasteiger partial charge >= 0.3 is 0 Å². The molecule has 0 atom stereocenters. The molecule has 2 aromatic heterocycles. The highest BCUT2D eigenvalue weighted by Crippen LogP contribution is 2.13. The van der Waals surface area contributed by atoms with E-state index in [-0.39, 0.29) is 5.91 Å². The molecule has 0 saturated carbocycles. The van der Waals surface area contributed by atoms with Crippen LogP contribution in [0.25, 0.3) is 11.2 Å². The number of H-pyrrole nitrogens is 1. The first-order valence-electron chi connectivity index (χ1n) is 6.02. The summed E-state index contributed by atoms with van der Waals surface area (Å²) >= 11 is 0. The van der Waals surface area contributed by atoms with Crippen LogP contribution in [-0.2, 0) is 0 Å². The second-order valence-electron chi connectivity index (χ2n) is 4.22. The van der Waals surface area contributed by atoms with Crippen LogP contribution in [-0.4, -0.2) is 25.8 Å². The summed E-state index contributed by atoms with van der Waals surface area (Å²) in [7, 11) is 0. The first-order valence-corrected chi connectivity index (χ1v) is 6.02. The Kier molecular flexibility index (Phi) is 3.00. The zero-order chi connectivity index (χ0) is 13.9. The smallest absolute Gasteiger partial charge is 0.269 e.